The Labute approximate surface area is 80.7 Å². The van der Waals surface area contributed by atoms with E-state index in [-0.39, 0.29) is 11.5 Å². The molecule has 0 fully saturated rings. The van der Waals surface area contributed by atoms with Crippen molar-refractivity contribution in [1.82, 2.24) is 10.9 Å². The molecule has 0 heterocycles. The molecule has 0 aliphatic carbocycles. The highest BCUT2D eigenvalue weighted by molar-refractivity contribution is 5.65. The van der Waals surface area contributed by atoms with Crippen molar-refractivity contribution >= 4 is 6.21 Å². The van der Waals surface area contributed by atoms with E-state index in [9.17, 15) is 0 Å². The minimum Gasteiger partial charge on any atom is -0.381 e. The predicted molar refractivity (Wildman–Crippen MR) is 55.8 cm³/mol. The van der Waals surface area contributed by atoms with Crippen molar-refractivity contribution in [3.8, 4) is 0 Å². The first-order valence-corrected chi connectivity index (χ1v) is 4.48. The second-order valence-electron chi connectivity index (χ2n) is 3.60. The fraction of sp³-hybridized carbons (Fsp3) is 0.889. The van der Waals surface area contributed by atoms with Crippen molar-refractivity contribution in [2.24, 2.45) is 10.4 Å². The fourth-order valence-corrected chi connectivity index (χ4v) is 0.814. The summed E-state index contributed by atoms with van der Waals surface area (Å²) >= 11 is 0. The van der Waals surface area contributed by atoms with E-state index in [0.29, 0.717) is 6.67 Å². The summed E-state index contributed by atoms with van der Waals surface area (Å²) in [7, 11) is 3.53. The number of nitrogens with zero attached hydrogens (tertiary/aromatic N) is 1. The standard InChI is InChI=1S/C9H21N3O/c1-8(13-5)9(2,3)6-11-7-12-10-4/h6,8,10,12H,7H2,1-5H3/b11-6-. The molecular formula is C9H21N3O. The minimum atomic E-state index is -0.0236. The van der Waals surface area contributed by atoms with Crippen LogP contribution in [-0.2, 0) is 4.74 Å². The van der Waals surface area contributed by atoms with Crippen LogP contribution in [-0.4, -0.2) is 33.1 Å². The Bertz CT molecular complexity index is 157. The van der Waals surface area contributed by atoms with E-state index in [2.05, 4.69) is 29.7 Å². The van der Waals surface area contributed by atoms with E-state index in [1.165, 1.54) is 0 Å². The highest BCUT2D eigenvalue weighted by Crippen LogP contribution is 2.19. The maximum Gasteiger partial charge on any atom is 0.101 e. The molecule has 0 saturated heterocycles. The van der Waals surface area contributed by atoms with Gasteiger partial charge in [-0.05, 0) is 14.0 Å². The maximum atomic E-state index is 5.24. The van der Waals surface area contributed by atoms with Gasteiger partial charge in [0.2, 0.25) is 0 Å². The van der Waals surface area contributed by atoms with Crippen molar-refractivity contribution in [2.45, 2.75) is 26.9 Å². The first-order valence-electron chi connectivity index (χ1n) is 4.48. The van der Waals surface area contributed by atoms with Gasteiger partial charge in [-0.1, -0.05) is 13.8 Å². The van der Waals surface area contributed by atoms with Crippen molar-refractivity contribution in [2.75, 3.05) is 20.8 Å². The average molecular weight is 187 g/mol. The molecule has 0 aliphatic rings. The van der Waals surface area contributed by atoms with Gasteiger partial charge in [0.05, 0.1) is 6.10 Å². The summed E-state index contributed by atoms with van der Waals surface area (Å²) in [6.45, 7) is 6.82. The molecule has 0 aromatic rings. The zero-order valence-electron chi connectivity index (χ0n) is 9.22. The Morgan fingerprint density at radius 2 is 2.15 bits per heavy atom. The average Bonchev–Trinajstić information content (AvgIpc) is 2.11. The predicted octanol–water partition coefficient (Wildman–Crippen LogP) is 0.800. The molecule has 0 aromatic carbocycles. The highest BCUT2D eigenvalue weighted by atomic mass is 16.5. The van der Waals surface area contributed by atoms with Crippen LogP contribution in [0.5, 0.6) is 0 Å². The lowest BCUT2D eigenvalue weighted by Gasteiger charge is -2.26. The maximum absolute atomic E-state index is 5.24. The van der Waals surface area contributed by atoms with Crippen LogP contribution in [0.4, 0.5) is 0 Å². The summed E-state index contributed by atoms with van der Waals surface area (Å²) in [4.78, 5) is 4.22. The molecule has 78 valence electrons. The molecule has 0 spiro atoms. The van der Waals surface area contributed by atoms with Gasteiger partial charge in [0.15, 0.2) is 0 Å². The lowest BCUT2D eigenvalue weighted by Crippen LogP contribution is -2.31. The van der Waals surface area contributed by atoms with Gasteiger partial charge >= 0.3 is 0 Å². The van der Waals surface area contributed by atoms with Gasteiger partial charge in [-0.15, -0.1) is 0 Å². The highest BCUT2D eigenvalue weighted by Gasteiger charge is 2.23. The number of hydrogen-bond donors (Lipinski definition) is 2. The molecule has 2 N–H and O–H groups in total. The molecule has 4 nitrogen and oxygen atoms in total. The van der Waals surface area contributed by atoms with Crippen LogP contribution in [0, 0.1) is 5.41 Å². The number of hydrogen-bond acceptors (Lipinski definition) is 4. The topological polar surface area (TPSA) is 45.7 Å². The Morgan fingerprint density at radius 1 is 1.54 bits per heavy atom. The van der Waals surface area contributed by atoms with Crippen LogP contribution in [0.2, 0.25) is 0 Å². The van der Waals surface area contributed by atoms with Gasteiger partial charge in [-0.2, -0.15) is 0 Å². The van der Waals surface area contributed by atoms with Crippen molar-refractivity contribution in [3.05, 3.63) is 0 Å². The molecule has 0 aromatic heterocycles. The van der Waals surface area contributed by atoms with Crippen molar-refractivity contribution < 1.29 is 4.74 Å². The number of ether oxygens (including phenoxy) is 1. The molecule has 1 unspecified atom stereocenters. The Hall–Kier alpha value is -0.450. The van der Waals surface area contributed by atoms with Crippen LogP contribution in [0.15, 0.2) is 4.99 Å². The van der Waals surface area contributed by atoms with E-state index in [4.69, 9.17) is 4.74 Å². The summed E-state index contributed by atoms with van der Waals surface area (Å²) < 4.78 is 5.24. The van der Waals surface area contributed by atoms with E-state index in [1.807, 2.05) is 20.2 Å². The van der Waals surface area contributed by atoms with Crippen LogP contribution < -0.4 is 10.9 Å². The number of rotatable bonds is 6. The van der Waals surface area contributed by atoms with Crippen LogP contribution in [0.25, 0.3) is 0 Å². The molecule has 0 saturated carbocycles. The van der Waals surface area contributed by atoms with E-state index in [1.54, 1.807) is 7.11 Å². The Morgan fingerprint density at radius 3 is 2.62 bits per heavy atom. The molecule has 1 atom stereocenters. The normalized spacial score (nSPS) is 15.2. The first-order chi connectivity index (χ1) is 6.04. The van der Waals surface area contributed by atoms with Crippen molar-refractivity contribution in [3.63, 3.8) is 0 Å². The zero-order valence-corrected chi connectivity index (χ0v) is 9.22. The summed E-state index contributed by atoms with van der Waals surface area (Å²) in [5, 5.41) is 0. The zero-order chi connectivity index (χ0) is 10.3. The third-order valence-corrected chi connectivity index (χ3v) is 2.17. The molecule has 0 amide bonds. The smallest absolute Gasteiger partial charge is 0.101 e. The van der Waals surface area contributed by atoms with Gasteiger partial charge in [0.1, 0.15) is 6.67 Å². The number of nitrogens with one attached hydrogen (secondary N) is 2. The molecule has 0 radical (unpaired) electrons. The second-order valence-corrected chi connectivity index (χ2v) is 3.60. The number of methoxy groups -OCH3 is 1. The van der Waals surface area contributed by atoms with Crippen LogP contribution in [0.1, 0.15) is 20.8 Å². The summed E-state index contributed by atoms with van der Waals surface area (Å²) in [5.41, 5.74) is 5.67. The number of hydrazine groups is 1. The van der Waals surface area contributed by atoms with Gasteiger partial charge in [0, 0.05) is 18.7 Å². The number of aliphatic imine (C=N–C) groups is 1. The van der Waals surface area contributed by atoms with Crippen molar-refractivity contribution in [1.29, 1.82) is 0 Å². The lowest BCUT2D eigenvalue weighted by molar-refractivity contribution is 0.0578. The van der Waals surface area contributed by atoms with Crippen LogP contribution >= 0.6 is 0 Å². The molecule has 0 rings (SSSR count). The largest absolute Gasteiger partial charge is 0.381 e. The second kappa shape index (κ2) is 6.07. The lowest BCUT2D eigenvalue weighted by atomic mass is 9.89. The summed E-state index contributed by atoms with van der Waals surface area (Å²) in [6.07, 6.45) is 2.09. The Kier molecular flexibility index (Phi) is 5.86. The first kappa shape index (κ1) is 12.6. The summed E-state index contributed by atoms with van der Waals surface area (Å²) in [5.74, 6) is 0. The third kappa shape index (κ3) is 4.98. The van der Waals surface area contributed by atoms with Gasteiger partial charge in [-0.3, -0.25) is 10.4 Å². The van der Waals surface area contributed by atoms with E-state index < -0.39 is 0 Å². The van der Waals surface area contributed by atoms with Crippen LogP contribution in [0.3, 0.4) is 0 Å². The van der Waals surface area contributed by atoms with Gasteiger partial charge in [0.25, 0.3) is 0 Å². The van der Waals surface area contributed by atoms with E-state index >= 15 is 0 Å². The monoisotopic (exact) mass is 187 g/mol. The Balaban J connectivity index is 3.92. The molecule has 13 heavy (non-hydrogen) atoms. The van der Waals surface area contributed by atoms with Gasteiger partial charge in [-0.25, -0.2) is 5.43 Å². The molecule has 4 heteroatoms. The molecule has 0 aliphatic heterocycles. The third-order valence-electron chi connectivity index (χ3n) is 2.17. The minimum absolute atomic E-state index is 0.0236. The molecular weight excluding hydrogens is 166 g/mol. The fourth-order valence-electron chi connectivity index (χ4n) is 0.814. The van der Waals surface area contributed by atoms with Gasteiger partial charge < -0.3 is 4.74 Å². The summed E-state index contributed by atoms with van der Waals surface area (Å²) in [6, 6.07) is 0. The SMILES string of the molecule is CNNC/N=C\C(C)(C)C(C)OC. The van der Waals surface area contributed by atoms with E-state index in [0.717, 1.165) is 0 Å². The molecule has 0 bridgehead atoms. The quantitative estimate of drug-likeness (QED) is 0.367.